The number of carbonyl (C=O) groups excluding carboxylic acids is 1. The molecule has 15 heavy (non-hydrogen) atoms. The van der Waals surface area contributed by atoms with Crippen molar-refractivity contribution in [3.63, 3.8) is 0 Å². The van der Waals surface area contributed by atoms with Gasteiger partial charge in [-0.05, 0) is 25.0 Å². The lowest BCUT2D eigenvalue weighted by atomic mass is 10.2. The van der Waals surface area contributed by atoms with E-state index < -0.39 is 5.97 Å². The highest BCUT2D eigenvalue weighted by Gasteiger charge is 2.28. The number of rotatable bonds is 5. The van der Waals surface area contributed by atoms with Gasteiger partial charge in [0.2, 0.25) is 5.91 Å². The van der Waals surface area contributed by atoms with Crippen molar-refractivity contribution in [1.29, 1.82) is 0 Å². The van der Waals surface area contributed by atoms with Crippen molar-refractivity contribution in [2.75, 3.05) is 18.8 Å². The van der Waals surface area contributed by atoms with Gasteiger partial charge in [0, 0.05) is 6.54 Å². The fraction of sp³-hybridized carbons (Fsp3) is 0.800. The van der Waals surface area contributed by atoms with Crippen molar-refractivity contribution >= 4 is 23.6 Å². The van der Waals surface area contributed by atoms with Gasteiger partial charge in [0.1, 0.15) is 6.54 Å². The number of amides is 1. The highest BCUT2D eigenvalue weighted by Crippen LogP contribution is 2.27. The summed E-state index contributed by atoms with van der Waals surface area (Å²) in [7, 11) is 0. The molecule has 4 nitrogen and oxygen atoms in total. The topological polar surface area (TPSA) is 57.6 Å². The van der Waals surface area contributed by atoms with Gasteiger partial charge in [-0.15, -0.1) is 11.8 Å². The van der Waals surface area contributed by atoms with E-state index in [1.807, 2.05) is 6.92 Å². The molecular formula is C10H17NO3S. The molecule has 0 aromatic rings. The van der Waals surface area contributed by atoms with Gasteiger partial charge in [0.15, 0.2) is 0 Å². The van der Waals surface area contributed by atoms with Gasteiger partial charge in [0.25, 0.3) is 0 Å². The first kappa shape index (κ1) is 12.4. The minimum Gasteiger partial charge on any atom is -0.480 e. The van der Waals surface area contributed by atoms with Gasteiger partial charge in [-0.1, -0.05) is 6.92 Å². The summed E-state index contributed by atoms with van der Waals surface area (Å²) in [4.78, 5) is 24.0. The predicted octanol–water partition coefficient (Wildman–Crippen LogP) is 1.21. The highest BCUT2D eigenvalue weighted by molar-refractivity contribution is 8.00. The third-order valence-corrected chi connectivity index (χ3v) is 3.70. The summed E-state index contributed by atoms with van der Waals surface area (Å²) in [5.74, 6) is 0.0882. The van der Waals surface area contributed by atoms with E-state index in [2.05, 4.69) is 0 Å². The van der Waals surface area contributed by atoms with E-state index in [9.17, 15) is 9.59 Å². The second-order valence-electron chi connectivity index (χ2n) is 3.66. The quantitative estimate of drug-likeness (QED) is 0.772. The summed E-state index contributed by atoms with van der Waals surface area (Å²) in [5, 5.41) is 8.70. The average molecular weight is 231 g/mol. The molecule has 1 heterocycles. The molecule has 1 rings (SSSR count). The zero-order valence-corrected chi connectivity index (χ0v) is 9.76. The molecule has 1 fully saturated rings. The third kappa shape index (κ3) is 3.74. The van der Waals surface area contributed by atoms with Crippen LogP contribution >= 0.6 is 11.8 Å². The lowest BCUT2D eigenvalue weighted by Crippen LogP contribution is -2.40. The number of aliphatic carboxylic acids is 1. The highest BCUT2D eigenvalue weighted by atomic mass is 32.2. The average Bonchev–Trinajstić information content (AvgIpc) is 2.68. The van der Waals surface area contributed by atoms with E-state index in [4.69, 9.17) is 5.11 Å². The fourth-order valence-electron chi connectivity index (χ4n) is 1.68. The van der Waals surface area contributed by atoms with Gasteiger partial charge in [0.05, 0.1) is 5.25 Å². The van der Waals surface area contributed by atoms with Crippen molar-refractivity contribution in [2.24, 2.45) is 0 Å². The Bertz CT molecular complexity index is 239. The van der Waals surface area contributed by atoms with Crippen molar-refractivity contribution in [1.82, 2.24) is 4.90 Å². The maximum Gasteiger partial charge on any atom is 0.323 e. The summed E-state index contributed by atoms with van der Waals surface area (Å²) in [5.41, 5.74) is 0. The maximum atomic E-state index is 11.9. The summed E-state index contributed by atoms with van der Waals surface area (Å²) < 4.78 is 0. The van der Waals surface area contributed by atoms with Crippen LogP contribution in [0.2, 0.25) is 0 Å². The van der Waals surface area contributed by atoms with Crippen molar-refractivity contribution in [3.05, 3.63) is 0 Å². The molecule has 1 atom stereocenters. The van der Waals surface area contributed by atoms with E-state index in [1.165, 1.54) is 4.90 Å². The molecule has 1 N–H and O–H groups in total. The van der Waals surface area contributed by atoms with Crippen LogP contribution in [0, 0.1) is 0 Å². The largest absolute Gasteiger partial charge is 0.480 e. The molecule has 1 aliphatic heterocycles. The molecule has 1 unspecified atom stereocenters. The molecule has 0 saturated carbocycles. The molecule has 1 aliphatic rings. The van der Waals surface area contributed by atoms with Crippen LogP contribution in [0.4, 0.5) is 0 Å². The van der Waals surface area contributed by atoms with Crippen LogP contribution in [0.1, 0.15) is 26.2 Å². The van der Waals surface area contributed by atoms with Crippen LogP contribution in [0.3, 0.4) is 0 Å². The molecule has 0 radical (unpaired) electrons. The zero-order valence-electron chi connectivity index (χ0n) is 8.94. The van der Waals surface area contributed by atoms with Crippen LogP contribution in [-0.4, -0.2) is 46.0 Å². The Kier molecular flexibility index (Phi) is 4.94. The Morgan fingerprint density at radius 3 is 2.73 bits per heavy atom. The summed E-state index contributed by atoms with van der Waals surface area (Å²) >= 11 is 1.65. The van der Waals surface area contributed by atoms with Crippen LogP contribution in [0.15, 0.2) is 0 Å². The Morgan fingerprint density at radius 2 is 2.27 bits per heavy atom. The first-order valence-corrected chi connectivity index (χ1v) is 6.32. The smallest absolute Gasteiger partial charge is 0.323 e. The third-order valence-electron chi connectivity index (χ3n) is 2.34. The normalized spacial score (nSPS) is 20.2. The van der Waals surface area contributed by atoms with Gasteiger partial charge < -0.3 is 10.0 Å². The van der Waals surface area contributed by atoms with E-state index in [1.54, 1.807) is 11.8 Å². The van der Waals surface area contributed by atoms with Crippen LogP contribution in [-0.2, 0) is 9.59 Å². The molecule has 0 bridgehead atoms. The first-order valence-electron chi connectivity index (χ1n) is 5.27. The second kappa shape index (κ2) is 6.00. The summed E-state index contributed by atoms with van der Waals surface area (Å²) in [6.45, 7) is 2.33. The lowest BCUT2D eigenvalue weighted by molar-refractivity contribution is -0.144. The minimum atomic E-state index is -0.931. The number of thioether (sulfide) groups is 1. The molecule has 0 aromatic carbocycles. The molecular weight excluding hydrogens is 214 g/mol. The number of carbonyl (C=O) groups is 2. The van der Waals surface area contributed by atoms with Crippen molar-refractivity contribution < 1.29 is 14.7 Å². The van der Waals surface area contributed by atoms with Crippen LogP contribution in [0.5, 0.6) is 0 Å². The van der Waals surface area contributed by atoms with Crippen molar-refractivity contribution in [3.8, 4) is 0 Å². The van der Waals surface area contributed by atoms with Gasteiger partial charge in [-0.25, -0.2) is 0 Å². The lowest BCUT2D eigenvalue weighted by Gasteiger charge is -2.22. The molecule has 1 amide bonds. The number of hydrogen-bond acceptors (Lipinski definition) is 3. The Labute approximate surface area is 94.0 Å². The number of carboxylic acid groups (broad SMARTS) is 1. The van der Waals surface area contributed by atoms with Gasteiger partial charge in [-0.2, -0.15) is 0 Å². The minimum absolute atomic E-state index is 0.00162. The van der Waals surface area contributed by atoms with Crippen LogP contribution in [0.25, 0.3) is 0 Å². The molecule has 0 spiro atoms. The number of carboxylic acids is 1. The first-order chi connectivity index (χ1) is 7.15. The predicted molar refractivity (Wildman–Crippen MR) is 60.0 cm³/mol. The van der Waals surface area contributed by atoms with E-state index >= 15 is 0 Å². The number of hydrogen-bond donors (Lipinski definition) is 1. The van der Waals surface area contributed by atoms with E-state index in [0.29, 0.717) is 6.54 Å². The van der Waals surface area contributed by atoms with E-state index in [-0.39, 0.29) is 17.7 Å². The molecule has 0 aliphatic carbocycles. The summed E-state index contributed by atoms with van der Waals surface area (Å²) in [6, 6.07) is 0. The monoisotopic (exact) mass is 231 g/mol. The SMILES string of the molecule is CCCN(CC(=O)O)C(=O)C1CCCS1. The Balaban J connectivity index is 2.52. The molecule has 5 heteroatoms. The molecule has 86 valence electrons. The number of nitrogens with zero attached hydrogens (tertiary/aromatic N) is 1. The van der Waals surface area contributed by atoms with Crippen molar-refractivity contribution in [2.45, 2.75) is 31.4 Å². The fourth-order valence-corrected chi connectivity index (χ4v) is 2.92. The molecule has 1 saturated heterocycles. The van der Waals surface area contributed by atoms with E-state index in [0.717, 1.165) is 25.0 Å². The zero-order chi connectivity index (χ0) is 11.3. The summed E-state index contributed by atoms with van der Waals surface area (Å²) in [6.07, 6.45) is 2.76. The second-order valence-corrected chi connectivity index (χ2v) is 4.97. The Morgan fingerprint density at radius 1 is 1.53 bits per heavy atom. The Hall–Kier alpha value is -0.710. The maximum absolute atomic E-state index is 11.9. The van der Waals surface area contributed by atoms with Crippen LogP contribution < -0.4 is 0 Å². The molecule has 0 aromatic heterocycles. The van der Waals surface area contributed by atoms with Gasteiger partial charge >= 0.3 is 5.97 Å². The van der Waals surface area contributed by atoms with Gasteiger partial charge in [-0.3, -0.25) is 9.59 Å². The standard InChI is InChI=1S/C10H17NO3S/c1-2-5-11(7-9(12)13)10(14)8-4-3-6-15-8/h8H,2-7H2,1H3,(H,12,13).